The standard InChI is InChI=1S/C47H70N6O9S/c1-6-25-48-41(56)38(54)36(27-32-16-15-17-32)49-40(55)37-28-35(62-44(59)52-26-20-33-18-9-10-19-34(33)29-52)30-53(37)42(57)39(46(5)21-11-7-12-22-46)50-43(58)51-47(23-13-8-14-24-47)31-63(60,61)45(2,3)4/h6,9-10,18-19,32,35-37,39H,1,7-8,11-17,20-31H2,2-5H3,(H,48,56)(H,49,55)(H2,50,51,58)/t35-,36?,37+,39-/m1/s1. The molecule has 6 amide bonds. The van der Waals surface area contributed by atoms with Gasteiger partial charge in [0.15, 0.2) is 9.84 Å². The van der Waals surface area contributed by atoms with E-state index < -0.39 is 85.4 Å². The van der Waals surface area contributed by atoms with Crippen molar-refractivity contribution < 1.29 is 41.9 Å². The molecule has 16 heteroatoms. The van der Waals surface area contributed by atoms with Crippen LogP contribution in [0.4, 0.5) is 9.59 Å². The Bertz CT molecular complexity index is 1980. The summed E-state index contributed by atoms with van der Waals surface area (Å²) in [6, 6.07) is 3.76. The van der Waals surface area contributed by atoms with E-state index in [2.05, 4.69) is 27.8 Å². The van der Waals surface area contributed by atoms with E-state index in [1.54, 1.807) is 25.7 Å². The second-order valence-corrected chi connectivity index (χ2v) is 22.8. The maximum Gasteiger partial charge on any atom is 0.410 e. The molecule has 0 radical (unpaired) electrons. The molecule has 1 unspecified atom stereocenters. The normalized spacial score (nSPS) is 23.2. The molecular weight excluding hydrogens is 825 g/mol. The minimum Gasteiger partial charge on any atom is -0.444 e. The third kappa shape index (κ3) is 11.6. The number of rotatable bonds is 15. The summed E-state index contributed by atoms with van der Waals surface area (Å²) >= 11 is 0. The first kappa shape index (κ1) is 48.0. The van der Waals surface area contributed by atoms with Gasteiger partial charge in [0.1, 0.15) is 18.2 Å². The second-order valence-electron chi connectivity index (χ2n) is 20.1. The van der Waals surface area contributed by atoms with Gasteiger partial charge in [0.05, 0.1) is 28.6 Å². The molecule has 6 rings (SSSR count). The van der Waals surface area contributed by atoms with Crippen molar-refractivity contribution in [1.29, 1.82) is 0 Å². The lowest BCUT2D eigenvalue weighted by Gasteiger charge is -2.44. The van der Waals surface area contributed by atoms with Crippen molar-refractivity contribution in [3.05, 3.63) is 48.0 Å². The Morgan fingerprint density at radius 2 is 1.57 bits per heavy atom. The minimum atomic E-state index is -3.64. The first-order valence-electron chi connectivity index (χ1n) is 23.2. The van der Waals surface area contributed by atoms with Gasteiger partial charge < -0.3 is 35.8 Å². The highest BCUT2D eigenvalue weighted by Crippen LogP contribution is 2.41. The zero-order valence-electron chi connectivity index (χ0n) is 37.8. The fourth-order valence-corrected chi connectivity index (χ4v) is 11.6. The van der Waals surface area contributed by atoms with Crippen molar-refractivity contribution in [3.63, 3.8) is 0 Å². The molecule has 0 bridgehead atoms. The Balaban J connectivity index is 1.28. The number of hydrogen-bond acceptors (Lipinski definition) is 9. The number of nitrogens with zero attached hydrogens (tertiary/aromatic N) is 2. The van der Waals surface area contributed by atoms with Crippen LogP contribution in [0.2, 0.25) is 0 Å². The molecule has 1 aromatic rings. The third-order valence-electron chi connectivity index (χ3n) is 14.4. The molecule has 15 nitrogen and oxygen atoms in total. The topological polar surface area (TPSA) is 200 Å². The molecule has 3 saturated carbocycles. The zero-order valence-corrected chi connectivity index (χ0v) is 38.6. The highest BCUT2D eigenvalue weighted by molar-refractivity contribution is 7.92. The number of likely N-dealkylation sites (tertiary alicyclic amines) is 1. The van der Waals surface area contributed by atoms with E-state index in [0.29, 0.717) is 45.2 Å². The van der Waals surface area contributed by atoms with Crippen LogP contribution in [0, 0.1) is 11.3 Å². The summed E-state index contributed by atoms with van der Waals surface area (Å²) in [5, 5.41) is 11.4. The van der Waals surface area contributed by atoms with Crippen LogP contribution < -0.4 is 21.3 Å². The average molecular weight is 895 g/mol. The number of amides is 6. The SMILES string of the molecule is C=CCNC(=O)C(=O)C(CC1CCC1)NC(=O)[C@@H]1C[C@@H](OC(=O)N2CCc3ccccc3C2)CN1C(=O)[C@@H](NC(=O)NC1(CS(=O)(=O)C(C)(C)C)CCCCC1)C1(C)CCCCC1. The maximum absolute atomic E-state index is 15.3. The van der Waals surface area contributed by atoms with Gasteiger partial charge >= 0.3 is 12.1 Å². The van der Waals surface area contributed by atoms with Crippen LogP contribution in [0.3, 0.4) is 0 Å². The number of urea groups is 1. The number of carbonyl (C=O) groups is 6. The molecule has 3 aliphatic carbocycles. The molecule has 4 N–H and O–H groups in total. The number of nitrogens with one attached hydrogen (secondary N) is 4. The monoisotopic (exact) mass is 894 g/mol. The lowest BCUT2D eigenvalue weighted by molar-refractivity contribution is -0.144. The first-order valence-corrected chi connectivity index (χ1v) is 24.9. The largest absolute Gasteiger partial charge is 0.444 e. The molecule has 1 aromatic carbocycles. The maximum atomic E-state index is 15.3. The van der Waals surface area contributed by atoms with E-state index >= 15 is 4.79 Å². The Hall–Kier alpha value is -4.47. The van der Waals surface area contributed by atoms with Crippen LogP contribution in [0.25, 0.3) is 0 Å². The van der Waals surface area contributed by atoms with Crippen molar-refractivity contribution in [2.75, 3.05) is 25.4 Å². The summed E-state index contributed by atoms with van der Waals surface area (Å²) in [6.07, 6.45) is 10.7. The summed E-state index contributed by atoms with van der Waals surface area (Å²) in [7, 11) is -3.64. The number of fused-ring (bicyclic) bond motifs is 1. The van der Waals surface area contributed by atoms with Crippen LogP contribution in [0.15, 0.2) is 36.9 Å². The minimum absolute atomic E-state index is 0.0653. The lowest BCUT2D eigenvalue weighted by Crippen LogP contribution is -2.64. The van der Waals surface area contributed by atoms with Gasteiger partial charge in [-0.15, -0.1) is 6.58 Å². The summed E-state index contributed by atoms with van der Waals surface area (Å²) < 4.78 is 32.2. The number of ketones is 1. The quantitative estimate of drug-likeness (QED) is 0.134. The number of sulfone groups is 1. The van der Waals surface area contributed by atoms with Gasteiger partial charge in [0.25, 0.3) is 5.91 Å². The third-order valence-corrected chi connectivity index (χ3v) is 17.2. The lowest BCUT2D eigenvalue weighted by atomic mass is 9.70. The first-order chi connectivity index (χ1) is 29.8. The molecule has 4 fully saturated rings. The fourth-order valence-electron chi connectivity index (χ4n) is 10.1. The van der Waals surface area contributed by atoms with Gasteiger partial charge in [-0.2, -0.15) is 0 Å². The molecule has 1 saturated heterocycles. The molecule has 63 heavy (non-hydrogen) atoms. The van der Waals surface area contributed by atoms with Crippen molar-refractivity contribution in [3.8, 4) is 0 Å². The van der Waals surface area contributed by atoms with E-state index in [1.807, 2.05) is 31.2 Å². The molecule has 2 heterocycles. The zero-order chi connectivity index (χ0) is 45.6. The highest BCUT2D eigenvalue weighted by atomic mass is 32.2. The van der Waals surface area contributed by atoms with Crippen LogP contribution in [-0.2, 0) is 46.7 Å². The Kier molecular flexibility index (Phi) is 15.3. The predicted molar refractivity (Wildman–Crippen MR) is 239 cm³/mol. The highest BCUT2D eigenvalue weighted by Gasteiger charge is 2.50. The molecule has 4 atom stereocenters. The van der Waals surface area contributed by atoms with E-state index in [0.717, 1.165) is 68.9 Å². The summed E-state index contributed by atoms with van der Waals surface area (Å²) in [5.74, 6) is -2.93. The summed E-state index contributed by atoms with van der Waals surface area (Å²) in [6.45, 7) is 11.2. The Morgan fingerprint density at radius 3 is 2.19 bits per heavy atom. The van der Waals surface area contributed by atoms with Gasteiger partial charge in [-0.1, -0.05) is 95.1 Å². The second kappa shape index (κ2) is 20.1. The van der Waals surface area contributed by atoms with Crippen LogP contribution in [0.5, 0.6) is 0 Å². The summed E-state index contributed by atoms with van der Waals surface area (Å²) in [4.78, 5) is 87.4. The van der Waals surface area contributed by atoms with E-state index in [4.69, 9.17) is 4.74 Å². The number of hydrogen-bond donors (Lipinski definition) is 4. The molecule has 5 aliphatic rings. The Labute approximate surface area is 373 Å². The van der Waals surface area contributed by atoms with E-state index in [1.165, 1.54) is 11.0 Å². The van der Waals surface area contributed by atoms with Gasteiger partial charge in [0.2, 0.25) is 17.6 Å². The molecule has 0 spiro atoms. The van der Waals surface area contributed by atoms with Gasteiger partial charge in [-0.25, -0.2) is 18.0 Å². The van der Waals surface area contributed by atoms with E-state index in [-0.39, 0.29) is 37.6 Å². The van der Waals surface area contributed by atoms with Gasteiger partial charge in [-0.3, -0.25) is 19.2 Å². The van der Waals surface area contributed by atoms with Gasteiger partial charge in [0, 0.05) is 26.1 Å². The van der Waals surface area contributed by atoms with Crippen molar-refractivity contribution >= 4 is 45.5 Å². The van der Waals surface area contributed by atoms with Crippen LogP contribution in [-0.4, -0.2) is 114 Å². The number of Topliss-reactive ketones (excluding diaryl/α,β-unsaturated/α-hetero) is 1. The van der Waals surface area contributed by atoms with Crippen molar-refractivity contribution in [2.24, 2.45) is 11.3 Å². The molecular formula is C47H70N6O9S. The number of benzene rings is 1. The predicted octanol–water partition coefficient (Wildman–Crippen LogP) is 5.25. The number of carbonyl (C=O) groups excluding carboxylic acids is 6. The molecule has 348 valence electrons. The summed E-state index contributed by atoms with van der Waals surface area (Å²) in [5.41, 5.74) is 0.413. The average Bonchev–Trinajstić information content (AvgIpc) is 3.65. The molecule has 2 aliphatic heterocycles. The van der Waals surface area contributed by atoms with Crippen LogP contribution >= 0.6 is 0 Å². The van der Waals surface area contributed by atoms with Crippen LogP contribution in [0.1, 0.15) is 135 Å². The van der Waals surface area contributed by atoms with Crippen molar-refractivity contribution in [1.82, 2.24) is 31.1 Å². The van der Waals surface area contributed by atoms with Crippen molar-refractivity contribution in [2.45, 2.75) is 171 Å². The Morgan fingerprint density at radius 1 is 0.921 bits per heavy atom. The van der Waals surface area contributed by atoms with Gasteiger partial charge in [-0.05, 0) is 81.8 Å². The smallest absolute Gasteiger partial charge is 0.410 e. The van der Waals surface area contributed by atoms with E-state index in [9.17, 15) is 32.4 Å². The fraction of sp³-hybridized carbons (Fsp3) is 0.702. The number of ether oxygens (including phenoxy) is 1. The molecule has 0 aromatic heterocycles.